The minimum absolute atomic E-state index is 0.188. The van der Waals surface area contributed by atoms with Crippen molar-refractivity contribution in [3.8, 4) is 0 Å². The summed E-state index contributed by atoms with van der Waals surface area (Å²) in [5.74, 6) is -1.40. The fourth-order valence-electron chi connectivity index (χ4n) is 1.21. The first-order valence-electron chi connectivity index (χ1n) is 5.05. The van der Waals surface area contributed by atoms with E-state index in [4.69, 9.17) is 11.6 Å². The van der Waals surface area contributed by atoms with Gasteiger partial charge in [-0.1, -0.05) is 11.6 Å². The lowest BCUT2D eigenvalue weighted by Gasteiger charge is -2.11. The van der Waals surface area contributed by atoms with Crippen LogP contribution in [0.15, 0.2) is 12.3 Å². The van der Waals surface area contributed by atoms with Crippen LogP contribution < -0.4 is 5.32 Å². The Hall–Kier alpha value is -2.22. The summed E-state index contributed by atoms with van der Waals surface area (Å²) in [5.41, 5.74) is -0.563. The number of nitrogens with one attached hydrogen (secondary N) is 1. The van der Waals surface area contributed by atoms with Gasteiger partial charge in [-0.3, -0.25) is 14.9 Å². The number of ether oxygens (including phenoxy) is 1. The average Bonchev–Trinajstić information content (AvgIpc) is 2.37. The highest BCUT2D eigenvalue weighted by Gasteiger charge is 2.21. The molecular formula is C10H10ClN3O5. The fourth-order valence-corrected chi connectivity index (χ4v) is 1.40. The lowest BCUT2D eigenvalue weighted by Crippen LogP contribution is -2.39. The van der Waals surface area contributed by atoms with E-state index >= 15 is 0 Å². The highest BCUT2D eigenvalue weighted by atomic mass is 35.5. The number of esters is 1. The van der Waals surface area contributed by atoms with Gasteiger partial charge in [-0.15, -0.1) is 0 Å². The Morgan fingerprint density at radius 1 is 1.58 bits per heavy atom. The number of amides is 1. The van der Waals surface area contributed by atoms with E-state index in [0.717, 1.165) is 12.3 Å². The van der Waals surface area contributed by atoms with Crippen LogP contribution in [-0.4, -0.2) is 34.9 Å². The summed E-state index contributed by atoms with van der Waals surface area (Å²) in [6.45, 7) is 1.41. The van der Waals surface area contributed by atoms with Crippen LogP contribution in [0.4, 0.5) is 5.69 Å². The molecule has 19 heavy (non-hydrogen) atoms. The highest BCUT2D eigenvalue weighted by molar-refractivity contribution is 6.32. The van der Waals surface area contributed by atoms with Crippen molar-refractivity contribution in [2.45, 2.75) is 13.0 Å². The van der Waals surface area contributed by atoms with Crippen molar-refractivity contribution >= 4 is 29.2 Å². The number of nitro groups is 1. The number of rotatable bonds is 4. The average molecular weight is 288 g/mol. The summed E-state index contributed by atoms with van der Waals surface area (Å²) < 4.78 is 4.43. The van der Waals surface area contributed by atoms with E-state index in [1.54, 1.807) is 0 Å². The first-order chi connectivity index (χ1) is 8.86. The standard InChI is InChI=1S/C10H10ClN3O5/c1-5(10(16)19-2)13-9(15)7-3-6(14(17)18)4-12-8(7)11/h3-5H,1-2H3,(H,13,15)/t5-/m0/s1. The molecule has 1 heterocycles. The van der Waals surface area contributed by atoms with Crippen LogP contribution in [0, 0.1) is 10.1 Å². The van der Waals surface area contributed by atoms with Crippen LogP contribution in [0.5, 0.6) is 0 Å². The van der Waals surface area contributed by atoms with Crippen LogP contribution in [0.2, 0.25) is 5.15 Å². The number of hydrogen-bond acceptors (Lipinski definition) is 6. The van der Waals surface area contributed by atoms with Crippen LogP contribution in [0.25, 0.3) is 0 Å². The molecule has 0 aliphatic heterocycles. The Bertz CT molecular complexity index is 534. The SMILES string of the molecule is COC(=O)[C@H](C)NC(=O)c1cc([N+](=O)[O-])cnc1Cl. The van der Waals surface area contributed by atoms with Gasteiger partial charge < -0.3 is 10.1 Å². The molecule has 1 amide bonds. The molecule has 0 radical (unpaired) electrons. The maximum absolute atomic E-state index is 11.8. The molecule has 0 aromatic carbocycles. The molecule has 0 saturated heterocycles. The van der Waals surface area contributed by atoms with E-state index in [2.05, 4.69) is 15.0 Å². The molecule has 0 aliphatic carbocycles. The topological polar surface area (TPSA) is 111 Å². The molecule has 0 unspecified atom stereocenters. The third-order valence-electron chi connectivity index (χ3n) is 2.18. The second-order valence-electron chi connectivity index (χ2n) is 3.51. The number of nitrogens with zero attached hydrogens (tertiary/aromatic N) is 2. The lowest BCUT2D eigenvalue weighted by molar-refractivity contribution is -0.385. The van der Waals surface area contributed by atoms with Crippen LogP contribution in [0.1, 0.15) is 17.3 Å². The van der Waals surface area contributed by atoms with Gasteiger partial charge in [-0.2, -0.15) is 0 Å². The Morgan fingerprint density at radius 2 is 2.21 bits per heavy atom. The smallest absolute Gasteiger partial charge is 0.328 e. The molecule has 1 atom stereocenters. The van der Waals surface area contributed by atoms with E-state index < -0.39 is 22.8 Å². The molecule has 102 valence electrons. The van der Waals surface area contributed by atoms with Gasteiger partial charge in [0.05, 0.1) is 17.6 Å². The largest absolute Gasteiger partial charge is 0.467 e. The van der Waals surface area contributed by atoms with Gasteiger partial charge >= 0.3 is 5.97 Å². The highest BCUT2D eigenvalue weighted by Crippen LogP contribution is 2.19. The first kappa shape index (κ1) is 14.8. The van der Waals surface area contributed by atoms with Gasteiger partial charge in [0.25, 0.3) is 11.6 Å². The predicted molar refractivity (Wildman–Crippen MR) is 64.8 cm³/mol. The Morgan fingerprint density at radius 3 is 2.74 bits per heavy atom. The lowest BCUT2D eigenvalue weighted by atomic mass is 10.2. The fraction of sp³-hybridized carbons (Fsp3) is 0.300. The molecule has 9 heteroatoms. The van der Waals surface area contributed by atoms with Crippen molar-refractivity contribution in [2.75, 3.05) is 7.11 Å². The molecule has 0 fully saturated rings. The Labute approximate surface area is 112 Å². The molecule has 1 aromatic rings. The molecule has 8 nitrogen and oxygen atoms in total. The molecule has 0 aliphatic rings. The molecule has 0 bridgehead atoms. The van der Waals surface area contributed by atoms with Crippen LogP contribution in [0.3, 0.4) is 0 Å². The monoisotopic (exact) mass is 287 g/mol. The Kier molecular flexibility index (Phi) is 4.76. The zero-order valence-electron chi connectivity index (χ0n) is 10.0. The Balaban J connectivity index is 2.96. The van der Waals surface area contributed by atoms with Crippen LogP contribution in [-0.2, 0) is 9.53 Å². The zero-order chi connectivity index (χ0) is 14.6. The number of methoxy groups -OCH3 is 1. The molecule has 1 rings (SSSR count). The minimum atomic E-state index is -0.909. The third kappa shape index (κ3) is 3.62. The summed E-state index contributed by atoms with van der Waals surface area (Å²) in [4.78, 5) is 36.4. The molecule has 1 N–H and O–H groups in total. The molecular weight excluding hydrogens is 278 g/mol. The first-order valence-corrected chi connectivity index (χ1v) is 5.43. The van der Waals surface area contributed by atoms with E-state index in [9.17, 15) is 19.7 Å². The number of aromatic nitrogens is 1. The number of halogens is 1. The maximum atomic E-state index is 11.8. The van der Waals surface area contributed by atoms with Gasteiger partial charge in [-0.25, -0.2) is 9.78 Å². The van der Waals surface area contributed by atoms with Crippen LogP contribution >= 0.6 is 11.6 Å². The van der Waals surface area contributed by atoms with Gasteiger partial charge in [0.2, 0.25) is 0 Å². The maximum Gasteiger partial charge on any atom is 0.328 e. The van der Waals surface area contributed by atoms with Crippen molar-refractivity contribution in [2.24, 2.45) is 0 Å². The van der Waals surface area contributed by atoms with Crippen molar-refractivity contribution in [3.63, 3.8) is 0 Å². The summed E-state index contributed by atoms with van der Waals surface area (Å²) in [6.07, 6.45) is 0.933. The number of hydrogen-bond donors (Lipinski definition) is 1. The van der Waals surface area contributed by atoms with Gasteiger partial charge in [-0.05, 0) is 6.92 Å². The third-order valence-corrected chi connectivity index (χ3v) is 2.48. The molecule has 0 spiro atoms. The van der Waals surface area contributed by atoms with Gasteiger partial charge in [0, 0.05) is 6.07 Å². The normalized spacial score (nSPS) is 11.5. The van der Waals surface area contributed by atoms with Gasteiger partial charge in [0.1, 0.15) is 17.4 Å². The molecule has 1 aromatic heterocycles. The quantitative estimate of drug-likeness (QED) is 0.382. The minimum Gasteiger partial charge on any atom is -0.467 e. The number of carbonyl (C=O) groups is 2. The predicted octanol–water partition coefficient (Wildman–Crippen LogP) is 0.934. The van der Waals surface area contributed by atoms with E-state index in [0.29, 0.717) is 0 Å². The number of pyridine rings is 1. The van der Waals surface area contributed by atoms with Gasteiger partial charge in [0.15, 0.2) is 0 Å². The zero-order valence-corrected chi connectivity index (χ0v) is 10.8. The summed E-state index contributed by atoms with van der Waals surface area (Å²) in [7, 11) is 1.17. The van der Waals surface area contributed by atoms with Crippen molar-refractivity contribution in [1.29, 1.82) is 0 Å². The second-order valence-corrected chi connectivity index (χ2v) is 3.87. The van der Waals surface area contributed by atoms with Crippen molar-refractivity contribution < 1.29 is 19.2 Å². The van der Waals surface area contributed by atoms with E-state index in [-0.39, 0.29) is 16.4 Å². The summed E-state index contributed by atoms with van der Waals surface area (Å²) in [5, 5.41) is 12.7. The number of carbonyl (C=O) groups excluding carboxylic acids is 2. The van der Waals surface area contributed by atoms with Crippen molar-refractivity contribution in [3.05, 3.63) is 33.1 Å². The second kappa shape index (κ2) is 6.10. The van der Waals surface area contributed by atoms with Crippen molar-refractivity contribution in [1.82, 2.24) is 10.3 Å². The van der Waals surface area contributed by atoms with E-state index in [1.165, 1.54) is 14.0 Å². The summed E-state index contributed by atoms with van der Waals surface area (Å²) in [6, 6.07) is 0.0714. The summed E-state index contributed by atoms with van der Waals surface area (Å²) >= 11 is 5.68. The van der Waals surface area contributed by atoms with E-state index in [1.807, 2.05) is 0 Å². The molecule has 0 saturated carbocycles.